The van der Waals surface area contributed by atoms with E-state index >= 15 is 0 Å². The molecule has 0 aromatic heterocycles. The highest BCUT2D eigenvalue weighted by Crippen LogP contribution is 2.37. The standard InChI is InChI=1S/C14H18O/c1-2-3-7-13(15)10-12-9-11-6-4-5-8-14(11)12/h4-6,8,12H,2-3,7,9-10H2,1H3. The Balaban J connectivity index is 1.87. The molecule has 80 valence electrons. The van der Waals surface area contributed by atoms with Crippen LogP contribution in [0.15, 0.2) is 24.3 Å². The van der Waals surface area contributed by atoms with Gasteiger partial charge in [0.25, 0.3) is 0 Å². The molecule has 1 aromatic carbocycles. The number of carbonyl (C=O) groups excluding carboxylic acids is 1. The highest BCUT2D eigenvalue weighted by molar-refractivity contribution is 5.79. The first-order chi connectivity index (χ1) is 7.31. The maximum Gasteiger partial charge on any atom is 0.133 e. The lowest BCUT2D eigenvalue weighted by atomic mass is 9.75. The molecule has 0 radical (unpaired) electrons. The van der Waals surface area contributed by atoms with E-state index in [2.05, 4.69) is 31.2 Å². The second kappa shape index (κ2) is 4.61. The fourth-order valence-corrected chi connectivity index (χ4v) is 2.30. The van der Waals surface area contributed by atoms with Crippen molar-refractivity contribution >= 4 is 5.78 Å². The molecule has 1 unspecified atom stereocenters. The normalized spacial score (nSPS) is 18.1. The fourth-order valence-electron chi connectivity index (χ4n) is 2.30. The van der Waals surface area contributed by atoms with Crippen LogP contribution in [0.1, 0.15) is 49.7 Å². The first-order valence-electron chi connectivity index (χ1n) is 5.90. The Morgan fingerprint density at radius 1 is 1.40 bits per heavy atom. The van der Waals surface area contributed by atoms with Crippen molar-refractivity contribution in [2.45, 2.75) is 44.9 Å². The smallest absolute Gasteiger partial charge is 0.133 e. The Morgan fingerprint density at radius 3 is 2.93 bits per heavy atom. The zero-order valence-corrected chi connectivity index (χ0v) is 9.33. The molecule has 0 bridgehead atoms. The topological polar surface area (TPSA) is 17.1 Å². The Morgan fingerprint density at radius 2 is 2.20 bits per heavy atom. The van der Waals surface area contributed by atoms with E-state index in [4.69, 9.17) is 0 Å². The molecule has 0 aliphatic heterocycles. The van der Waals surface area contributed by atoms with E-state index in [0.717, 1.165) is 32.1 Å². The van der Waals surface area contributed by atoms with Crippen molar-refractivity contribution in [1.82, 2.24) is 0 Å². The summed E-state index contributed by atoms with van der Waals surface area (Å²) in [6, 6.07) is 8.48. The maximum absolute atomic E-state index is 11.6. The van der Waals surface area contributed by atoms with E-state index in [9.17, 15) is 4.79 Å². The first-order valence-corrected chi connectivity index (χ1v) is 5.90. The van der Waals surface area contributed by atoms with Crippen LogP contribution in [0.4, 0.5) is 0 Å². The van der Waals surface area contributed by atoms with Gasteiger partial charge in [-0.05, 0) is 29.9 Å². The van der Waals surface area contributed by atoms with Gasteiger partial charge in [0, 0.05) is 12.8 Å². The summed E-state index contributed by atoms with van der Waals surface area (Å²) < 4.78 is 0. The number of ketones is 1. The molecule has 1 aliphatic rings. The predicted molar refractivity (Wildman–Crippen MR) is 62.0 cm³/mol. The van der Waals surface area contributed by atoms with Gasteiger partial charge < -0.3 is 0 Å². The van der Waals surface area contributed by atoms with Crippen LogP contribution >= 0.6 is 0 Å². The van der Waals surface area contributed by atoms with Gasteiger partial charge in [0.05, 0.1) is 0 Å². The van der Waals surface area contributed by atoms with Crippen LogP contribution in [0.5, 0.6) is 0 Å². The molecule has 0 N–H and O–H groups in total. The average Bonchev–Trinajstić information content (AvgIpc) is 2.23. The summed E-state index contributed by atoms with van der Waals surface area (Å²) in [4.78, 5) is 11.6. The van der Waals surface area contributed by atoms with Crippen molar-refractivity contribution in [1.29, 1.82) is 0 Å². The van der Waals surface area contributed by atoms with Gasteiger partial charge in [0.15, 0.2) is 0 Å². The lowest BCUT2D eigenvalue weighted by molar-refractivity contribution is -0.119. The molecule has 1 aliphatic carbocycles. The van der Waals surface area contributed by atoms with Gasteiger partial charge in [-0.3, -0.25) is 4.79 Å². The molecule has 0 saturated heterocycles. The van der Waals surface area contributed by atoms with Crippen LogP contribution in [0.3, 0.4) is 0 Å². The third-order valence-corrected chi connectivity index (χ3v) is 3.24. The monoisotopic (exact) mass is 202 g/mol. The summed E-state index contributed by atoms with van der Waals surface area (Å²) >= 11 is 0. The number of unbranched alkanes of at least 4 members (excludes halogenated alkanes) is 1. The van der Waals surface area contributed by atoms with Crippen molar-refractivity contribution in [2.24, 2.45) is 0 Å². The lowest BCUT2D eigenvalue weighted by Gasteiger charge is -2.29. The van der Waals surface area contributed by atoms with Crippen LogP contribution in [0, 0.1) is 0 Å². The molecule has 1 heteroatoms. The number of fused-ring (bicyclic) bond motifs is 1. The van der Waals surface area contributed by atoms with E-state index in [0.29, 0.717) is 11.7 Å². The summed E-state index contributed by atoms with van der Waals surface area (Å²) in [5.41, 5.74) is 2.84. The van der Waals surface area contributed by atoms with E-state index < -0.39 is 0 Å². The predicted octanol–water partition coefficient (Wildman–Crippen LogP) is 3.48. The van der Waals surface area contributed by atoms with Crippen molar-refractivity contribution in [3.05, 3.63) is 35.4 Å². The molecule has 0 amide bonds. The van der Waals surface area contributed by atoms with Gasteiger partial charge in [0.2, 0.25) is 0 Å². The van der Waals surface area contributed by atoms with Crippen LogP contribution in [0.2, 0.25) is 0 Å². The molecular formula is C14H18O. The van der Waals surface area contributed by atoms with Gasteiger partial charge in [0.1, 0.15) is 5.78 Å². The van der Waals surface area contributed by atoms with Gasteiger partial charge in [-0.25, -0.2) is 0 Å². The number of hydrogen-bond donors (Lipinski definition) is 0. The molecule has 0 saturated carbocycles. The number of hydrogen-bond acceptors (Lipinski definition) is 1. The second-order valence-corrected chi connectivity index (χ2v) is 4.45. The molecule has 15 heavy (non-hydrogen) atoms. The van der Waals surface area contributed by atoms with E-state index in [-0.39, 0.29) is 0 Å². The van der Waals surface area contributed by atoms with E-state index in [1.807, 2.05) is 0 Å². The zero-order valence-electron chi connectivity index (χ0n) is 9.33. The van der Waals surface area contributed by atoms with E-state index in [1.165, 1.54) is 11.1 Å². The quantitative estimate of drug-likeness (QED) is 0.714. The molecule has 0 heterocycles. The van der Waals surface area contributed by atoms with Crippen LogP contribution in [-0.4, -0.2) is 5.78 Å². The minimum absolute atomic E-state index is 0.441. The van der Waals surface area contributed by atoms with Crippen LogP contribution in [-0.2, 0) is 11.2 Å². The third kappa shape index (κ3) is 2.28. The number of carbonyl (C=O) groups is 1. The molecule has 1 atom stereocenters. The maximum atomic E-state index is 11.6. The van der Waals surface area contributed by atoms with Crippen molar-refractivity contribution in [3.8, 4) is 0 Å². The first kappa shape index (κ1) is 10.4. The minimum Gasteiger partial charge on any atom is -0.300 e. The zero-order chi connectivity index (χ0) is 10.7. The second-order valence-electron chi connectivity index (χ2n) is 4.45. The molecule has 1 nitrogen and oxygen atoms in total. The summed E-state index contributed by atoms with van der Waals surface area (Å²) in [6.07, 6.45) is 4.81. The highest BCUT2D eigenvalue weighted by atomic mass is 16.1. The highest BCUT2D eigenvalue weighted by Gasteiger charge is 2.26. The average molecular weight is 202 g/mol. The van der Waals surface area contributed by atoms with Gasteiger partial charge in [-0.15, -0.1) is 0 Å². The number of Topliss-reactive ketones (excluding diaryl/α,β-unsaturated/α-hetero) is 1. The molecular weight excluding hydrogens is 184 g/mol. The third-order valence-electron chi connectivity index (χ3n) is 3.24. The minimum atomic E-state index is 0.441. The van der Waals surface area contributed by atoms with Crippen molar-refractivity contribution < 1.29 is 4.79 Å². The Kier molecular flexibility index (Phi) is 3.20. The summed E-state index contributed by atoms with van der Waals surface area (Å²) in [7, 11) is 0. The van der Waals surface area contributed by atoms with Gasteiger partial charge in [-0.1, -0.05) is 37.6 Å². The SMILES string of the molecule is CCCCC(=O)CC1Cc2ccccc21. The molecule has 0 fully saturated rings. The molecule has 1 aromatic rings. The molecule has 0 spiro atoms. The lowest BCUT2D eigenvalue weighted by Crippen LogP contribution is -2.19. The van der Waals surface area contributed by atoms with Crippen LogP contribution in [0.25, 0.3) is 0 Å². The van der Waals surface area contributed by atoms with Gasteiger partial charge in [-0.2, -0.15) is 0 Å². The fraction of sp³-hybridized carbons (Fsp3) is 0.500. The largest absolute Gasteiger partial charge is 0.300 e. The van der Waals surface area contributed by atoms with Crippen molar-refractivity contribution in [3.63, 3.8) is 0 Å². The Hall–Kier alpha value is -1.11. The van der Waals surface area contributed by atoms with Crippen molar-refractivity contribution in [2.75, 3.05) is 0 Å². The summed E-state index contributed by atoms with van der Waals surface area (Å²) in [6.45, 7) is 2.13. The Labute approximate surface area is 91.5 Å². The number of benzene rings is 1. The summed E-state index contributed by atoms with van der Waals surface area (Å²) in [5, 5.41) is 0. The van der Waals surface area contributed by atoms with Gasteiger partial charge >= 0.3 is 0 Å². The Bertz CT molecular complexity index is 354. The molecule has 2 rings (SSSR count). The van der Waals surface area contributed by atoms with Crippen LogP contribution < -0.4 is 0 Å². The number of rotatable bonds is 5. The van der Waals surface area contributed by atoms with E-state index in [1.54, 1.807) is 0 Å². The summed E-state index contributed by atoms with van der Waals surface area (Å²) in [5.74, 6) is 0.960.